The second-order valence-corrected chi connectivity index (χ2v) is 5.91. The van der Waals surface area contributed by atoms with Crippen molar-refractivity contribution >= 4 is 22.5 Å². The molecule has 4 nitrogen and oxygen atoms in total. The van der Waals surface area contributed by atoms with Gasteiger partial charge in [0.2, 0.25) is 0 Å². The number of halogens is 1. The van der Waals surface area contributed by atoms with Crippen LogP contribution in [0.5, 0.6) is 5.75 Å². The zero-order chi connectivity index (χ0) is 17.2. The number of nitrogens with zero attached hydrogens (tertiary/aromatic N) is 3. The van der Waals surface area contributed by atoms with Gasteiger partial charge in [-0.3, -0.25) is 4.98 Å². The normalized spacial score (nSPS) is 10.8. The van der Waals surface area contributed by atoms with Gasteiger partial charge in [-0.25, -0.2) is 9.97 Å². The molecule has 0 aliphatic rings. The predicted octanol–water partition coefficient (Wildman–Crippen LogP) is 5.02. The lowest BCUT2D eigenvalue weighted by atomic mass is 10.1. The molecule has 0 radical (unpaired) electrons. The zero-order valence-electron chi connectivity index (χ0n) is 13.5. The van der Waals surface area contributed by atoms with Gasteiger partial charge in [-0.05, 0) is 36.4 Å². The lowest BCUT2D eigenvalue weighted by molar-refractivity contribution is 0.415. The van der Waals surface area contributed by atoms with Crippen molar-refractivity contribution in [3.63, 3.8) is 0 Å². The Labute approximate surface area is 150 Å². The van der Waals surface area contributed by atoms with Crippen molar-refractivity contribution in [2.75, 3.05) is 7.11 Å². The van der Waals surface area contributed by atoms with Crippen molar-refractivity contribution in [1.82, 2.24) is 15.0 Å². The van der Waals surface area contributed by atoms with Gasteiger partial charge in [0.15, 0.2) is 5.82 Å². The number of benzene rings is 2. The topological polar surface area (TPSA) is 47.9 Å². The lowest BCUT2D eigenvalue weighted by Crippen LogP contribution is -1.95. The third kappa shape index (κ3) is 2.92. The third-order valence-electron chi connectivity index (χ3n) is 3.97. The van der Waals surface area contributed by atoms with Gasteiger partial charge in [0, 0.05) is 28.9 Å². The minimum absolute atomic E-state index is 0.549. The molecular weight excluding hydrogens is 334 g/mol. The van der Waals surface area contributed by atoms with Crippen LogP contribution >= 0.6 is 11.6 Å². The van der Waals surface area contributed by atoms with Crippen LogP contribution in [-0.4, -0.2) is 22.1 Å². The molecule has 0 N–H and O–H groups in total. The number of para-hydroxylation sites is 1. The molecule has 0 atom stereocenters. The average Bonchev–Trinajstić information content (AvgIpc) is 2.67. The number of fused-ring (bicyclic) bond motifs is 1. The predicted molar refractivity (Wildman–Crippen MR) is 99.8 cm³/mol. The van der Waals surface area contributed by atoms with Crippen molar-refractivity contribution in [2.45, 2.75) is 0 Å². The van der Waals surface area contributed by atoms with Crippen LogP contribution in [0.4, 0.5) is 0 Å². The van der Waals surface area contributed by atoms with Crippen LogP contribution in [-0.2, 0) is 0 Å². The zero-order valence-corrected chi connectivity index (χ0v) is 14.2. The van der Waals surface area contributed by atoms with Crippen LogP contribution in [0.25, 0.3) is 33.5 Å². The average molecular weight is 348 g/mol. The monoisotopic (exact) mass is 347 g/mol. The van der Waals surface area contributed by atoms with E-state index in [0.717, 1.165) is 27.7 Å². The number of rotatable bonds is 3. The molecule has 0 saturated carbocycles. The first kappa shape index (κ1) is 15.5. The first-order valence-corrected chi connectivity index (χ1v) is 8.15. The summed E-state index contributed by atoms with van der Waals surface area (Å²) in [5.41, 5.74) is 3.55. The molecule has 4 aromatic rings. The largest absolute Gasteiger partial charge is 0.495 e. The molecule has 25 heavy (non-hydrogen) atoms. The van der Waals surface area contributed by atoms with E-state index in [-0.39, 0.29) is 0 Å². The number of aromatic nitrogens is 3. The van der Waals surface area contributed by atoms with Crippen LogP contribution in [0.1, 0.15) is 0 Å². The maximum absolute atomic E-state index is 6.31. The Balaban J connectivity index is 1.97. The Morgan fingerprint density at radius 1 is 0.880 bits per heavy atom. The van der Waals surface area contributed by atoms with Crippen molar-refractivity contribution < 1.29 is 4.74 Å². The Bertz CT molecular complexity index is 1050. The highest BCUT2D eigenvalue weighted by molar-refractivity contribution is 6.32. The number of hydrogen-bond donors (Lipinski definition) is 0. The van der Waals surface area contributed by atoms with Gasteiger partial charge >= 0.3 is 0 Å². The highest BCUT2D eigenvalue weighted by Gasteiger charge is 2.12. The van der Waals surface area contributed by atoms with Crippen LogP contribution in [0.2, 0.25) is 5.02 Å². The fraction of sp³-hybridized carbons (Fsp3) is 0.0500. The maximum atomic E-state index is 6.31. The Hall–Kier alpha value is -2.98. The van der Waals surface area contributed by atoms with E-state index in [9.17, 15) is 0 Å². The third-order valence-corrected chi connectivity index (χ3v) is 4.26. The first-order valence-electron chi connectivity index (χ1n) is 7.77. The van der Waals surface area contributed by atoms with Gasteiger partial charge < -0.3 is 4.74 Å². The number of methoxy groups -OCH3 is 1. The second-order valence-electron chi connectivity index (χ2n) is 5.50. The molecule has 2 heterocycles. The van der Waals surface area contributed by atoms with E-state index < -0.39 is 0 Å². The molecule has 0 saturated heterocycles. The van der Waals surface area contributed by atoms with E-state index in [2.05, 4.69) is 4.98 Å². The van der Waals surface area contributed by atoms with Crippen LogP contribution in [0.15, 0.2) is 67.0 Å². The Kier molecular flexibility index (Phi) is 4.04. The molecule has 2 aromatic carbocycles. The van der Waals surface area contributed by atoms with Gasteiger partial charge in [0.25, 0.3) is 0 Å². The number of ether oxygens (including phenoxy) is 1. The summed E-state index contributed by atoms with van der Waals surface area (Å²) in [6.07, 6.45) is 3.47. The van der Waals surface area contributed by atoms with Gasteiger partial charge in [-0.2, -0.15) is 0 Å². The molecule has 5 heteroatoms. The summed E-state index contributed by atoms with van der Waals surface area (Å²) in [6.45, 7) is 0. The summed E-state index contributed by atoms with van der Waals surface area (Å²) in [5, 5.41) is 1.52. The smallest absolute Gasteiger partial charge is 0.160 e. The molecule has 0 unspecified atom stereocenters. The molecule has 0 aliphatic heterocycles. The van der Waals surface area contributed by atoms with Crippen molar-refractivity contribution in [3.05, 3.63) is 72.0 Å². The summed E-state index contributed by atoms with van der Waals surface area (Å²) in [6, 6.07) is 17.4. The quantitative estimate of drug-likeness (QED) is 0.522. The molecule has 0 fully saturated rings. The fourth-order valence-electron chi connectivity index (χ4n) is 2.74. The second kappa shape index (κ2) is 6.49. The minimum atomic E-state index is 0.549. The van der Waals surface area contributed by atoms with Gasteiger partial charge in [0.1, 0.15) is 5.75 Å². The van der Waals surface area contributed by atoms with Gasteiger partial charge in [-0.15, -0.1) is 0 Å². The van der Waals surface area contributed by atoms with E-state index in [4.69, 9.17) is 26.3 Å². The van der Waals surface area contributed by atoms with Crippen LogP contribution in [0, 0.1) is 0 Å². The summed E-state index contributed by atoms with van der Waals surface area (Å²) >= 11 is 6.31. The summed E-state index contributed by atoms with van der Waals surface area (Å²) in [7, 11) is 1.60. The first-order chi connectivity index (χ1) is 12.3. The maximum Gasteiger partial charge on any atom is 0.160 e. The molecule has 122 valence electrons. The van der Waals surface area contributed by atoms with Crippen molar-refractivity contribution in [3.8, 4) is 28.4 Å². The molecule has 0 bridgehead atoms. The van der Waals surface area contributed by atoms with Crippen molar-refractivity contribution in [2.24, 2.45) is 0 Å². The fourth-order valence-corrected chi connectivity index (χ4v) is 3.00. The number of hydrogen-bond acceptors (Lipinski definition) is 4. The summed E-state index contributed by atoms with van der Waals surface area (Å²) in [4.78, 5) is 13.5. The summed E-state index contributed by atoms with van der Waals surface area (Å²) < 4.78 is 5.24. The Morgan fingerprint density at radius 2 is 1.68 bits per heavy atom. The lowest BCUT2D eigenvalue weighted by Gasteiger charge is -2.10. The van der Waals surface area contributed by atoms with E-state index in [1.165, 1.54) is 0 Å². The van der Waals surface area contributed by atoms with E-state index in [1.807, 2.05) is 54.6 Å². The minimum Gasteiger partial charge on any atom is -0.495 e. The Morgan fingerprint density at radius 3 is 2.44 bits per heavy atom. The molecule has 0 spiro atoms. The molecule has 4 rings (SSSR count). The van der Waals surface area contributed by atoms with Crippen LogP contribution in [0.3, 0.4) is 0 Å². The highest BCUT2D eigenvalue weighted by Crippen LogP contribution is 2.33. The molecular formula is C20H14ClN3O. The SMILES string of the molecule is COc1ccc(-c2nc(-c3ccncc3)nc3ccccc23)cc1Cl. The molecule has 0 aliphatic carbocycles. The van der Waals surface area contributed by atoms with Gasteiger partial charge in [0.05, 0.1) is 23.3 Å². The van der Waals surface area contributed by atoms with Crippen molar-refractivity contribution in [1.29, 1.82) is 0 Å². The molecule has 2 aromatic heterocycles. The summed E-state index contributed by atoms with van der Waals surface area (Å²) in [5.74, 6) is 1.29. The van der Waals surface area contributed by atoms with Gasteiger partial charge in [-0.1, -0.05) is 29.8 Å². The molecule has 0 amide bonds. The van der Waals surface area contributed by atoms with E-state index in [0.29, 0.717) is 16.6 Å². The van der Waals surface area contributed by atoms with Crippen LogP contribution < -0.4 is 4.74 Å². The standard InChI is InChI=1S/C20H14ClN3O/c1-25-18-7-6-14(12-16(18)21)19-15-4-2-3-5-17(15)23-20(24-19)13-8-10-22-11-9-13/h2-12H,1H3. The number of pyridine rings is 1. The highest BCUT2D eigenvalue weighted by atomic mass is 35.5. The van der Waals surface area contributed by atoms with E-state index in [1.54, 1.807) is 19.5 Å². The van der Waals surface area contributed by atoms with E-state index >= 15 is 0 Å².